The smallest absolute Gasteiger partial charge is 0.231 e. The van der Waals surface area contributed by atoms with Crippen LogP contribution in [-0.4, -0.2) is 64.2 Å². The number of nitrogens with zero attached hydrogens (tertiary/aromatic N) is 1. The zero-order chi connectivity index (χ0) is 17.8. The Kier molecular flexibility index (Phi) is 6.36. The Morgan fingerprint density at radius 3 is 2.80 bits per heavy atom. The first-order valence-corrected chi connectivity index (χ1v) is 10.1. The van der Waals surface area contributed by atoms with Gasteiger partial charge in [-0.05, 0) is 31.0 Å². The van der Waals surface area contributed by atoms with Crippen molar-refractivity contribution in [2.45, 2.75) is 19.4 Å². The van der Waals surface area contributed by atoms with Crippen LogP contribution in [-0.2, 0) is 11.3 Å². The van der Waals surface area contributed by atoms with Gasteiger partial charge in [-0.15, -0.1) is 0 Å². The van der Waals surface area contributed by atoms with Crippen molar-refractivity contribution in [1.82, 2.24) is 4.90 Å². The standard InChI is InChI=1S/C19H28BrN3O2/c1-21-8-10-23(11-9-21)19(24)15-4-3-7-22(13-15)14-16-12-17(20)5-6-18(16)25-2/h5-6,12,15H,3-4,7-11,13-14H2,1-2H3/p+2/t15-/m0/s1. The summed E-state index contributed by atoms with van der Waals surface area (Å²) in [7, 11) is 3.93. The number of rotatable bonds is 4. The summed E-state index contributed by atoms with van der Waals surface area (Å²) in [4.78, 5) is 18.0. The molecule has 0 spiro atoms. The number of piperazine rings is 1. The van der Waals surface area contributed by atoms with Crippen LogP contribution in [0.5, 0.6) is 5.75 Å². The number of amides is 1. The van der Waals surface area contributed by atoms with Gasteiger partial charge in [0.05, 0.1) is 59.3 Å². The van der Waals surface area contributed by atoms with Crippen molar-refractivity contribution in [3.05, 3.63) is 28.2 Å². The SMILES string of the molecule is COc1ccc(Br)cc1C[NH+]1CCC[C@H](C(=O)N2CC[NH+](C)CC2)C1. The van der Waals surface area contributed by atoms with Gasteiger partial charge < -0.3 is 19.4 Å². The number of carbonyl (C=O) groups excluding carboxylic acids is 1. The number of likely N-dealkylation sites (N-methyl/N-ethyl adjacent to an activating group) is 1. The summed E-state index contributed by atoms with van der Waals surface area (Å²) in [5.41, 5.74) is 1.21. The van der Waals surface area contributed by atoms with Gasteiger partial charge in [0.1, 0.15) is 12.3 Å². The van der Waals surface area contributed by atoms with E-state index in [2.05, 4.69) is 33.9 Å². The van der Waals surface area contributed by atoms with Crippen molar-refractivity contribution >= 4 is 21.8 Å². The van der Waals surface area contributed by atoms with E-state index in [4.69, 9.17) is 4.74 Å². The van der Waals surface area contributed by atoms with Crippen molar-refractivity contribution in [1.29, 1.82) is 0 Å². The molecule has 1 aromatic carbocycles. The quantitative estimate of drug-likeness (QED) is 0.707. The van der Waals surface area contributed by atoms with Crippen LogP contribution in [0.1, 0.15) is 18.4 Å². The molecule has 5 nitrogen and oxygen atoms in total. The second-order valence-corrected chi connectivity index (χ2v) is 8.37. The van der Waals surface area contributed by atoms with Gasteiger partial charge in [-0.2, -0.15) is 0 Å². The molecular formula is C19H30BrN3O2+2. The molecule has 2 aliphatic heterocycles. The highest BCUT2D eigenvalue weighted by molar-refractivity contribution is 9.10. The first-order valence-electron chi connectivity index (χ1n) is 9.33. The fourth-order valence-corrected chi connectivity index (χ4v) is 4.45. The second-order valence-electron chi connectivity index (χ2n) is 7.46. The number of nitrogens with one attached hydrogen (secondary N) is 2. The number of hydrogen-bond donors (Lipinski definition) is 2. The predicted molar refractivity (Wildman–Crippen MR) is 101 cm³/mol. The van der Waals surface area contributed by atoms with Gasteiger partial charge in [-0.25, -0.2) is 0 Å². The minimum Gasteiger partial charge on any atom is -0.496 e. The lowest BCUT2D eigenvalue weighted by Crippen LogP contribution is -3.13. The molecule has 2 aliphatic rings. The maximum Gasteiger partial charge on any atom is 0.231 e. The maximum absolute atomic E-state index is 12.9. The zero-order valence-electron chi connectivity index (χ0n) is 15.3. The molecule has 0 radical (unpaired) electrons. The normalized spacial score (nSPS) is 25.0. The van der Waals surface area contributed by atoms with Crippen LogP contribution >= 0.6 is 15.9 Å². The number of carbonyl (C=O) groups is 1. The fourth-order valence-electron chi connectivity index (χ4n) is 4.04. The van der Waals surface area contributed by atoms with Gasteiger partial charge >= 0.3 is 0 Å². The summed E-state index contributed by atoms with van der Waals surface area (Å²) in [5.74, 6) is 1.50. The molecule has 2 saturated heterocycles. The molecule has 1 aromatic rings. The molecule has 2 fully saturated rings. The summed E-state index contributed by atoms with van der Waals surface area (Å²) >= 11 is 3.55. The third kappa shape index (κ3) is 4.74. The molecular weight excluding hydrogens is 382 g/mol. The lowest BCUT2D eigenvalue weighted by atomic mass is 9.95. The molecule has 2 N–H and O–H groups in total. The summed E-state index contributed by atoms with van der Waals surface area (Å²) in [6.45, 7) is 6.96. The molecule has 1 unspecified atom stereocenters. The highest BCUT2D eigenvalue weighted by atomic mass is 79.9. The minimum absolute atomic E-state index is 0.181. The number of piperidine rings is 1. The highest BCUT2D eigenvalue weighted by Crippen LogP contribution is 2.22. The summed E-state index contributed by atoms with van der Waals surface area (Å²) in [6, 6.07) is 6.16. The van der Waals surface area contributed by atoms with Crippen molar-refractivity contribution in [3.8, 4) is 5.75 Å². The van der Waals surface area contributed by atoms with Gasteiger partial charge in [-0.1, -0.05) is 15.9 Å². The fraction of sp³-hybridized carbons (Fsp3) is 0.632. The average molecular weight is 412 g/mol. The number of quaternary nitrogens is 2. The number of likely N-dealkylation sites (tertiary alicyclic amines) is 1. The maximum atomic E-state index is 12.9. The molecule has 1 amide bonds. The lowest BCUT2D eigenvalue weighted by molar-refractivity contribution is -0.921. The van der Waals surface area contributed by atoms with E-state index >= 15 is 0 Å². The van der Waals surface area contributed by atoms with E-state index in [9.17, 15) is 4.79 Å². The summed E-state index contributed by atoms with van der Waals surface area (Å²) in [6.07, 6.45) is 2.16. The van der Waals surface area contributed by atoms with E-state index in [0.29, 0.717) is 5.91 Å². The minimum atomic E-state index is 0.181. The third-order valence-electron chi connectivity index (χ3n) is 5.58. The van der Waals surface area contributed by atoms with Crippen LogP contribution in [0.25, 0.3) is 0 Å². The van der Waals surface area contributed by atoms with Gasteiger partial charge in [0.25, 0.3) is 0 Å². The van der Waals surface area contributed by atoms with Crippen molar-refractivity contribution in [2.24, 2.45) is 5.92 Å². The Balaban J connectivity index is 1.61. The molecule has 0 bridgehead atoms. The van der Waals surface area contributed by atoms with Crippen molar-refractivity contribution < 1.29 is 19.3 Å². The van der Waals surface area contributed by atoms with E-state index < -0.39 is 0 Å². The van der Waals surface area contributed by atoms with Gasteiger partial charge in [0, 0.05) is 10.0 Å². The van der Waals surface area contributed by atoms with Crippen molar-refractivity contribution in [2.75, 3.05) is 53.4 Å². The Hall–Kier alpha value is -1.11. The van der Waals surface area contributed by atoms with Crippen LogP contribution in [0.4, 0.5) is 0 Å². The Labute approximate surface area is 159 Å². The Morgan fingerprint density at radius 2 is 2.08 bits per heavy atom. The molecule has 2 heterocycles. The molecule has 3 rings (SSSR count). The van der Waals surface area contributed by atoms with Gasteiger partial charge in [0.2, 0.25) is 5.91 Å². The number of halogens is 1. The number of hydrogen-bond acceptors (Lipinski definition) is 2. The molecule has 6 heteroatoms. The highest BCUT2D eigenvalue weighted by Gasteiger charge is 2.33. The predicted octanol–water partition coefficient (Wildman–Crippen LogP) is -0.390. The Morgan fingerprint density at radius 1 is 1.32 bits per heavy atom. The first kappa shape index (κ1) is 18.7. The lowest BCUT2D eigenvalue weighted by Gasteiger charge is -2.35. The van der Waals surface area contributed by atoms with E-state index in [-0.39, 0.29) is 5.92 Å². The van der Waals surface area contributed by atoms with E-state index in [0.717, 1.165) is 68.9 Å². The summed E-state index contributed by atoms with van der Waals surface area (Å²) in [5, 5.41) is 0. The molecule has 0 saturated carbocycles. The number of ether oxygens (including phenoxy) is 1. The van der Waals surface area contributed by atoms with E-state index in [1.54, 1.807) is 7.11 Å². The third-order valence-corrected chi connectivity index (χ3v) is 6.07. The van der Waals surface area contributed by atoms with Gasteiger partial charge in [0.15, 0.2) is 0 Å². The van der Waals surface area contributed by atoms with Gasteiger partial charge in [-0.3, -0.25) is 4.79 Å². The molecule has 138 valence electrons. The molecule has 2 atom stereocenters. The van der Waals surface area contributed by atoms with Crippen LogP contribution < -0.4 is 14.5 Å². The average Bonchev–Trinajstić information content (AvgIpc) is 2.62. The first-order chi connectivity index (χ1) is 12.1. The van der Waals surface area contributed by atoms with Crippen LogP contribution in [0.2, 0.25) is 0 Å². The van der Waals surface area contributed by atoms with Crippen molar-refractivity contribution in [3.63, 3.8) is 0 Å². The molecule has 25 heavy (non-hydrogen) atoms. The monoisotopic (exact) mass is 411 g/mol. The molecule has 0 aromatic heterocycles. The van der Waals surface area contributed by atoms with Crippen LogP contribution in [0.3, 0.4) is 0 Å². The van der Waals surface area contributed by atoms with E-state index in [1.165, 1.54) is 15.4 Å². The number of benzene rings is 1. The largest absolute Gasteiger partial charge is 0.496 e. The van der Waals surface area contributed by atoms with Crippen LogP contribution in [0.15, 0.2) is 22.7 Å². The number of methoxy groups -OCH3 is 1. The topological polar surface area (TPSA) is 38.4 Å². The molecule has 0 aliphatic carbocycles. The summed E-state index contributed by atoms with van der Waals surface area (Å²) < 4.78 is 6.59. The van der Waals surface area contributed by atoms with E-state index in [1.807, 2.05) is 12.1 Å². The zero-order valence-corrected chi connectivity index (χ0v) is 16.9. The second kappa shape index (κ2) is 8.52. The van der Waals surface area contributed by atoms with Crippen LogP contribution in [0, 0.1) is 5.92 Å². The Bertz CT molecular complexity index is 602.